The van der Waals surface area contributed by atoms with Crippen LogP contribution in [0, 0.1) is 0 Å². The Kier molecular flexibility index (Phi) is 4.49. The molecule has 0 saturated carbocycles. The number of benzene rings is 2. The molecule has 4 heteroatoms. The molecule has 0 aliphatic rings. The van der Waals surface area contributed by atoms with Crippen molar-refractivity contribution in [3.8, 4) is 17.0 Å². The zero-order valence-corrected chi connectivity index (χ0v) is 13.5. The summed E-state index contributed by atoms with van der Waals surface area (Å²) >= 11 is 6.10. The molecule has 1 heterocycles. The fraction of sp³-hybridized carbons (Fsp3) is 0.105. The molecule has 3 aromatic rings. The van der Waals surface area contributed by atoms with Gasteiger partial charge in [0.25, 0.3) is 0 Å². The van der Waals surface area contributed by atoms with Crippen molar-refractivity contribution in [2.24, 2.45) is 0 Å². The van der Waals surface area contributed by atoms with Gasteiger partial charge in [-0.25, -0.2) is 4.98 Å². The van der Waals surface area contributed by atoms with Gasteiger partial charge in [0, 0.05) is 28.9 Å². The second-order valence-corrected chi connectivity index (χ2v) is 5.72. The summed E-state index contributed by atoms with van der Waals surface area (Å²) in [6, 6.07) is 17.6. The number of hydrogen-bond donors (Lipinski definition) is 1. The first-order valence-corrected chi connectivity index (χ1v) is 7.67. The van der Waals surface area contributed by atoms with Gasteiger partial charge in [-0.1, -0.05) is 41.9 Å². The number of rotatable bonds is 4. The Hall–Kier alpha value is -2.52. The summed E-state index contributed by atoms with van der Waals surface area (Å²) in [5.41, 5.74) is 10.9. The third-order valence-corrected chi connectivity index (χ3v) is 3.92. The number of hydrogen-bond acceptors (Lipinski definition) is 3. The number of nitrogens with zero attached hydrogens (tertiary/aromatic N) is 1. The Morgan fingerprint density at radius 3 is 2.65 bits per heavy atom. The second kappa shape index (κ2) is 6.71. The number of nitrogen functional groups attached to an aromatic ring is 1. The van der Waals surface area contributed by atoms with Gasteiger partial charge in [-0.15, -0.1) is 0 Å². The molecule has 0 radical (unpaired) electrons. The SMILES string of the molecule is COc1ncc(Cc2ccccc2N)cc1-c1cccc(Cl)c1. The number of para-hydroxylation sites is 1. The molecule has 116 valence electrons. The van der Waals surface area contributed by atoms with Gasteiger partial charge in [0.2, 0.25) is 5.88 Å². The number of ether oxygens (including phenoxy) is 1. The molecule has 0 unspecified atom stereocenters. The highest BCUT2D eigenvalue weighted by Gasteiger charge is 2.10. The van der Waals surface area contributed by atoms with Crippen LogP contribution >= 0.6 is 11.6 Å². The number of methoxy groups -OCH3 is 1. The summed E-state index contributed by atoms with van der Waals surface area (Å²) in [6.07, 6.45) is 2.54. The molecule has 23 heavy (non-hydrogen) atoms. The van der Waals surface area contributed by atoms with Gasteiger partial charge in [-0.05, 0) is 41.0 Å². The number of anilines is 1. The van der Waals surface area contributed by atoms with Crippen LogP contribution in [-0.4, -0.2) is 12.1 Å². The lowest BCUT2D eigenvalue weighted by molar-refractivity contribution is 0.399. The topological polar surface area (TPSA) is 48.1 Å². The number of halogens is 1. The molecule has 0 saturated heterocycles. The Morgan fingerprint density at radius 1 is 1.09 bits per heavy atom. The first-order valence-electron chi connectivity index (χ1n) is 7.29. The second-order valence-electron chi connectivity index (χ2n) is 5.29. The maximum Gasteiger partial charge on any atom is 0.221 e. The molecule has 0 amide bonds. The highest BCUT2D eigenvalue weighted by atomic mass is 35.5. The third-order valence-electron chi connectivity index (χ3n) is 3.69. The molecule has 0 aliphatic carbocycles. The molecule has 0 spiro atoms. The van der Waals surface area contributed by atoms with Gasteiger partial charge in [-0.3, -0.25) is 0 Å². The first kappa shape index (κ1) is 15.4. The monoisotopic (exact) mass is 324 g/mol. The summed E-state index contributed by atoms with van der Waals surface area (Å²) < 4.78 is 5.39. The van der Waals surface area contributed by atoms with Crippen LogP contribution in [0.2, 0.25) is 5.02 Å². The predicted octanol–water partition coefficient (Wildman–Crippen LogP) is 4.58. The lowest BCUT2D eigenvalue weighted by Crippen LogP contribution is -1.98. The van der Waals surface area contributed by atoms with E-state index in [-0.39, 0.29) is 0 Å². The first-order chi connectivity index (χ1) is 11.2. The van der Waals surface area contributed by atoms with Crippen LogP contribution < -0.4 is 10.5 Å². The van der Waals surface area contributed by atoms with Crippen molar-refractivity contribution < 1.29 is 4.74 Å². The maximum atomic E-state index is 6.10. The highest BCUT2D eigenvalue weighted by molar-refractivity contribution is 6.30. The molecule has 0 aliphatic heterocycles. The lowest BCUT2D eigenvalue weighted by atomic mass is 10.0. The maximum absolute atomic E-state index is 6.10. The Balaban J connectivity index is 2.01. The molecule has 0 fully saturated rings. The molecule has 0 bridgehead atoms. The summed E-state index contributed by atoms with van der Waals surface area (Å²) in [5.74, 6) is 0.581. The van der Waals surface area contributed by atoms with Gasteiger partial charge in [0.15, 0.2) is 0 Å². The van der Waals surface area contributed by atoms with Crippen LogP contribution in [0.4, 0.5) is 5.69 Å². The molecule has 3 rings (SSSR count). The van der Waals surface area contributed by atoms with E-state index < -0.39 is 0 Å². The van der Waals surface area contributed by atoms with Crippen LogP contribution in [0.25, 0.3) is 11.1 Å². The van der Waals surface area contributed by atoms with E-state index in [0.717, 1.165) is 34.4 Å². The smallest absolute Gasteiger partial charge is 0.221 e. The molecule has 1 aromatic heterocycles. The van der Waals surface area contributed by atoms with Gasteiger partial charge < -0.3 is 10.5 Å². The molecule has 2 aromatic carbocycles. The summed E-state index contributed by atoms with van der Waals surface area (Å²) in [6.45, 7) is 0. The molecular formula is C19H17ClN2O. The van der Waals surface area contributed by atoms with Crippen molar-refractivity contribution in [2.45, 2.75) is 6.42 Å². The van der Waals surface area contributed by atoms with Crippen LogP contribution in [-0.2, 0) is 6.42 Å². The van der Waals surface area contributed by atoms with Crippen LogP contribution in [0.3, 0.4) is 0 Å². The quantitative estimate of drug-likeness (QED) is 0.714. The van der Waals surface area contributed by atoms with E-state index in [9.17, 15) is 0 Å². The largest absolute Gasteiger partial charge is 0.481 e. The van der Waals surface area contributed by atoms with Crippen molar-refractivity contribution in [3.63, 3.8) is 0 Å². The highest BCUT2D eigenvalue weighted by Crippen LogP contribution is 2.31. The lowest BCUT2D eigenvalue weighted by Gasteiger charge is -2.11. The summed E-state index contributed by atoms with van der Waals surface area (Å²) in [5, 5.41) is 0.683. The predicted molar refractivity (Wildman–Crippen MR) is 94.9 cm³/mol. The summed E-state index contributed by atoms with van der Waals surface area (Å²) in [7, 11) is 1.62. The minimum Gasteiger partial charge on any atom is -0.481 e. The Morgan fingerprint density at radius 2 is 1.91 bits per heavy atom. The number of pyridine rings is 1. The van der Waals surface area contributed by atoms with E-state index in [1.165, 1.54) is 0 Å². The van der Waals surface area contributed by atoms with Gasteiger partial charge in [0.05, 0.1) is 7.11 Å². The average Bonchev–Trinajstić information content (AvgIpc) is 2.57. The van der Waals surface area contributed by atoms with E-state index in [0.29, 0.717) is 10.9 Å². The molecule has 0 atom stereocenters. The third kappa shape index (κ3) is 3.46. The number of aromatic nitrogens is 1. The zero-order valence-electron chi connectivity index (χ0n) is 12.8. The average molecular weight is 325 g/mol. The van der Waals surface area contributed by atoms with Gasteiger partial charge in [-0.2, -0.15) is 0 Å². The van der Waals surface area contributed by atoms with E-state index in [4.69, 9.17) is 22.1 Å². The van der Waals surface area contributed by atoms with Gasteiger partial charge >= 0.3 is 0 Å². The molecular weight excluding hydrogens is 308 g/mol. The minimum absolute atomic E-state index is 0.581. The van der Waals surface area contributed by atoms with Crippen LogP contribution in [0.5, 0.6) is 5.88 Å². The zero-order chi connectivity index (χ0) is 16.2. The van der Waals surface area contributed by atoms with Crippen LogP contribution in [0.15, 0.2) is 60.8 Å². The van der Waals surface area contributed by atoms with E-state index >= 15 is 0 Å². The van der Waals surface area contributed by atoms with Crippen molar-refractivity contribution >= 4 is 17.3 Å². The van der Waals surface area contributed by atoms with Crippen molar-refractivity contribution in [2.75, 3.05) is 12.8 Å². The Bertz CT molecular complexity index is 833. The standard InChI is InChI=1S/C19H17ClN2O/c1-23-19-17(14-6-4-7-16(20)11-14)10-13(12-22-19)9-15-5-2-3-8-18(15)21/h2-8,10-12H,9,21H2,1H3. The van der Waals surface area contributed by atoms with Crippen molar-refractivity contribution in [3.05, 3.63) is 76.9 Å². The van der Waals surface area contributed by atoms with Gasteiger partial charge in [0.1, 0.15) is 0 Å². The van der Waals surface area contributed by atoms with E-state index in [1.807, 2.05) is 54.7 Å². The minimum atomic E-state index is 0.581. The van der Waals surface area contributed by atoms with E-state index in [2.05, 4.69) is 11.1 Å². The van der Waals surface area contributed by atoms with Crippen LogP contribution in [0.1, 0.15) is 11.1 Å². The Labute approximate surface area is 140 Å². The molecule has 3 nitrogen and oxygen atoms in total. The van der Waals surface area contributed by atoms with E-state index in [1.54, 1.807) is 7.11 Å². The van der Waals surface area contributed by atoms with Crippen molar-refractivity contribution in [1.82, 2.24) is 4.98 Å². The number of nitrogens with two attached hydrogens (primary N) is 1. The fourth-order valence-corrected chi connectivity index (χ4v) is 2.72. The fourth-order valence-electron chi connectivity index (χ4n) is 2.53. The van der Waals surface area contributed by atoms with Crippen molar-refractivity contribution in [1.29, 1.82) is 0 Å². The normalized spacial score (nSPS) is 10.5. The summed E-state index contributed by atoms with van der Waals surface area (Å²) in [4.78, 5) is 4.42. The molecule has 2 N–H and O–H groups in total.